The van der Waals surface area contributed by atoms with E-state index >= 15 is 0 Å². The lowest BCUT2D eigenvalue weighted by Gasteiger charge is -2.24. The molecule has 146 valence electrons. The topological polar surface area (TPSA) is 91.0 Å². The highest BCUT2D eigenvalue weighted by Crippen LogP contribution is 2.13. The van der Waals surface area contributed by atoms with E-state index in [9.17, 15) is 4.79 Å². The quantitative estimate of drug-likeness (QED) is 0.656. The van der Waals surface area contributed by atoms with Crippen molar-refractivity contribution in [2.45, 2.75) is 32.4 Å². The van der Waals surface area contributed by atoms with Crippen LogP contribution in [0.4, 0.5) is 0 Å². The van der Waals surface area contributed by atoms with Crippen LogP contribution in [0.2, 0.25) is 0 Å². The number of tetrazole rings is 1. The summed E-state index contributed by atoms with van der Waals surface area (Å²) < 4.78 is 9.41. The average Bonchev–Trinajstić information content (AvgIpc) is 3.30. The van der Waals surface area contributed by atoms with Crippen LogP contribution < -0.4 is 0 Å². The predicted octanol–water partition coefficient (Wildman–Crippen LogP) is 1.03. The van der Waals surface area contributed by atoms with E-state index in [1.807, 2.05) is 53.0 Å². The number of amides is 1. The predicted molar refractivity (Wildman–Crippen MR) is 101 cm³/mol. The van der Waals surface area contributed by atoms with Crippen molar-refractivity contribution in [2.75, 3.05) is 19.7 Å². The normalized spacial score (nSPS) is 17.5. The number of carbonyl (C=O) groups excluding carboxylic acids is 1. The minimum Gasteiger partial charge on any atom is -0.374 e. The molecular weight excluding hydrogens is 358 g/mol. The van der Waals surface area contributed by atoms with Gasteiger partial charge >= 0.3 is 0 Å². The van der Waals surface area contributed by atoms with Gasteiger partial charge in [-0.25, -0.2) is 0 Å². The van der Waals surface area contributed by atoms with Crippen LogP contribution in [0.1, 0.15) is 17.8 Å². The smallest absolute Gasteiger partial charge is 0.227 e. The zero-order valence-corrected chi connectivity index (χ0v) is 15.8. The molecule has 0 radical (unpaired) electrons. The molecule has 0 saturated carbocycles. The summed E-state index contributed by atoms with van der Waals surface area (Å²) in [4.78, 5) is 14.7. The van der Waals surface area contributed by atoms with Crippen molar-refractivity contribution < 1.29 is 9.53 Å². The summed E-state index contributed by atoms with van der Waals surface area (Å²) in [5.41, 5.74) is 1.84. The average molecular weight is 381 g/mol. The molecule has 3 aromatic rings. The van der Waals surface area contributed by atoms with Gasteiger partial charge in [-0.1, -0.05) is 12.1 Å². The van der Waals surface area contributed by atoms with Gasteiger partial charge in [0, 0.05) is 32.1 Å². The fourth-order valence-electron chi connectivity index (χ4n) is 3.36. The lowest BCUT2D eigenvalue weighted by molar-refractivity contribution is -0.131. The van der Waals surface area contributed by atoms with E-state index in [4.69, 9.17) is 4.74 Å². The van der Waals surface area contributed by atoms with Crippen molar-refractivity contribution >= 4 is 5.91 Å². The molecule has 1 saturated heterocycles. The van der Waals surface area contributed by atoms with Gasteiger partial charge in [0.15, 0.2) is 5.82 Å². The van der Waals surface area contributed by atoms with Crippen molar-refractivity contribution in [3.63, 3.8) is 0 Å². The molecule has 1 aromatic carbocycles. The molecule has 28 heavy (non-hydrogen) atoms. The van der Waals surface area contributed by atoms with Crippen LogP contribution in [0.5, 0.6) is 0 Å². The molecule has 2 aromatic heterocycles. The zero-order valence-electron chi connectivity index (χ0n) is 15.8. The van der Waals surface area contributed by atoms with Crippen molar-refractivity contribution in [3.05, 3.63) is 54.1 Å². The Kier molecular flexibility index (Phi) is 5.43. The first-order valence-corrected chi connectivity index (χ1v) is 9.40. The Labute approximate surface area is 162 Å². The van der Waals surface area contributed by atoms with Crippen LogP contribution in [0.25, 0.3) is 5.69 Å². The van der Waals surface area contributed by atoms with Gasteiger partial charge in [-0.05, 0) is 47.5 Å². The van der Waals surface area contributed by atoms with Crippen LogP contribution in [-0.2, 0) is 22.5 Å². The number of hydrogen-bond acceptors (Lipinski definition) is 6. The molecule has 0 spiro atoms. The molecule has 1 aliphatic heterocycles. The summed E-state index contributed by atoms with van der Waals surface area (Å²) >= 11 is 0. The lowest BCUT2D eigenvalue weighted by Crippen LogP contribution is -2.39. The third-order valence-electron chi connectivity index (χ3n) is 4.81. The van der Waals surface area contributed by atoms with Gasteiger partial charge < -0.3 is 9.64 Å². The molecule has 9 heteroatoms. The van der Waals surface area contributed by atoms with Gasteiger partial charge in [-0.3, -0.25) is 9.48 Å². The molecule has 1 amide bonds. The zero-order chi connectivity index (χ0) is 19.3. The molecule has 1 atom stereocenters. The third kappa shape index (κ3) is 4.25. The first-order chi connectivity index (χ1) is 13.7. The van der Waals surface area contributed by atoms with Crippen molar-refractivity contribution in [3.8, 4) is 5.69 Å². The van der Waals surface area contributed by atoms with Gasteiger partial charge in [0.25, 0.3) is 0 Å². The molecule has 9 nitrogen and oxygen atoms in total. The summed E-state index contributed by atoms with van der Waals surface area (Å²) in [6.45, 7) is 4.46. The largest absolute Gasteiger partial charge is 0.374 e. The minimum atomic E-state index is -0.0449. The highest BCUT2D eigenvalue weighted by Gasteiger charge is 2.23. The fourth-order valence-corrected chi connectivity index (χ4v) is 3.36. The maximum absolute atomic E-state index is 12.8. The van der Waals surface area contributed by atoms with Gasteiger partial charge in [0.05, 0.1) is 24.8 Å². The molecule has 1 fully saturated rings. The number of carbonyl (C=O) groups is 1. The molecule has 0 aliphatic carbocycles. The third-order valence-corrected chi connectivity index (χ3v) is 4.81. The number of ether oxygens (including phenoxy) is 1. The van der Waals surface area contributed by atoms with Gasteiger partial charge in [0.1, 0.15) is 0 Å². The fraction of sp³-hybridized carbons (Fsp3) is 0.421. The number of hydrogen-bond donors (Lipinski definition) is 0. The van der Waals surface area contributed by atoms with E-state index in [0.717, 1.165) is 30.0 Å². The van der Waals surface area contributed by atoms with Crippen LogP contribution in [0.15, 0.2) is 42.7 Å². The molecule has 4 rings (SSSR count). The highest BCUT2D eigenvalue weighted by molar-refractivity contribution is 5.78. The van der Waals surface area contributed by atoms with E-state index in [1.54, 1.807) is 10.9 Å². The second-order valence-electron chi connectivity index (χ2n) is 6.90. The van der Waals surface area contributed by atoms with Crippen molar-refractivity contribution in [1.82, 2.24) is 34.9 Å². The number of aryl methyl sites for hydroxylation is 1. The minimum absolute atomic E-state index is 0.0449. The summed E-state index contributed by atoms with van der Waals surface area (Å²) in [6, 6.07) is 9.64. The Balaban J connectivity index is 1.38. The summed E-state index contributed by atoms with van der Waals surface area (Å²) in [7, 11) is 0. The SMILES string of the molecule is Cc1nnnn1-c1ccc(CC(=O)N2CCCO[C@H](Cn3cccn3)C2)cc1. The van der Waals surface area contributed by atoms with Crippen LogP contribution in [0.3, 0.4) is 0 Å². The highest BCUT2D eigenvalue weighted by atomic mass is 16.5. The number of rotatable bonds is 5. The van der Waals surface area contributed by atoms with Crippen molar-refractivity contribution in [2.24, 2.45) is 0 Å². The van der Waals surface area contributed by atoms with Gasteiger partial charge in [-0.2, -0.15) is 9.78 Å². The summed E-state index contributed by atoms with van der Waals surface area (Å²) in [5.74, 6) is 0.832. The first-order valence-electron chi connectivity index (χ1n) is 9.40. The molecule has 0 unspecified atom stereocenters. The monoisotopic (exact) mass is 381 g/mol. The maximum atomic E-state index is 12.8. The Morgan fingerprint density at radius 1 is 1.29 bits per heavy atom. The second-order valence-corrected chi connectivity index (χ2v) is 6.90. The molecule has 3 heterocycles. The lowest BCUT2D eigenvalue weighted by atomic mass is 10.1. The number of benzene rings is 1. The van der Waals surface area contributed by atoms with Crippen LogP contribution in [0, 0.1) is 6.92 Å². The molecular formula is C19H23N7O2. The molecule has 0 bridgehead atoms. The summed E-state index contributed by atoms with van der Waals surface area (Å²) in [5, 5.41) is 15.7. The van der Waals surface area contributed by atoms with Crippen LogP contribution in [-0.4, -0.2) is 66.6 Å². The van der Waals surface area contributed by atoms with E-state index < -0.39 is 0 Å². The van der Waals surface area contributed by atoms with Crippen molar-refractivity contribution in [1.29, 1.82) is 0 Å². The molecule has 0 N–H and O–H groups in total. The second kappa shape index (κ2) is 8.30. The number of nitrogens with zero attached hydrogens (tertiary/aromatic N) is 7. The Hall–Kier alpha value is -3.07. The van der Waals surface area contributed by atoms with E-state index in [0.29, 0.717) is 26.1 Å². The van der Waals surface area contributed by atoms with E-state index in [2.05, 4.69) is 20.6 Å². The first kappa shape index (κ1) is 18.3. The Bertz CT molecular complexity index is 905. The van der Waals surface area contributed by atoms with Gasteiger partial charge in [0.2, 0.25) is 5.91 Å². The maximum Gasteiger partial charge on any atom is 0.227 e. The number of aromatic nitrogens is 6. The standard InChI is InChI=1S/C19H23N7O2/c1-15-21-22-23-26(15)17-6-4-16(5-7-17)12-19(27)24-9-3-11-28-18(13-24)14-25-10-2-8-20-25/h2,4-8,10,18H,3,9,11-14H2,1H3/t18-/m0/s1. The Morgan fingerprint density at radius 2 is 2.14 bits per heavy atom. The van der Waals surface area contributed by atoms with Crippen LogP contribution >= 0.6 is 0 Å². The molecule has 1 aliphatic rings. The van der Waals surface area contributed by atoms with Gasteiger partial charge in [-0.15, -0.1) is 5.10 Å². The summed E-state index contributed by atoms with van der Waals surface area (Å²) in [6.07, 6.45) is 4.83. The van der Waals surface area contributed by atoms with E-state index in [1.165, 1.54) is 0 Å². The van der Waals surface area contributed by atoms with E-state index in [-0.39, 0.29) is 12.0 Å². The Morgan fingerprint density at radius 3 is 2.86 bits per heavy atom.